The van der Waals surface area contributed by atoms with Crippen LogP contribution in [0.2, 0.25) is 0 Å². The van der Waals surface area contributed by atoms with Crippen LogP contribution in [0.3, 0.4) is 0 Å². The van der Waals surface area contributed by atoms with Gasteiger partial charge in [-0.15, -0.1) is 11.3 Å². The molecular formula is C14H17BrN2S. The molecule has 1 aromatic carbocycles. The minimum Gasteiger partial charge on any atom is -0.305 e. The van der Waals surface area contributed by atoms with Gasteiger partial charge in [0.1, 0.15) is 0 Å². The van der Waals surface area contributed by atoms with E-state index >= 15 is 0 Å². The zero-order valence-corrected chi connectivity index (χ0v) is 13.0. The van der Waals surface area contributed by atoms with Gasteiger partial charge in [-0.3, -0.25) is 0 Å². The van der Waals surface area contributed by atoms with E-state index in [1.54, 1.807) is 11.3 Å². The van der Waals surface area contributed by atoms with Crippen LogP contribution in [-0.4, -0.2) is 4.98 Å². The zero-order valence-electron chi connectivity index (χ0n) is 10.6. The van der Waals surface area contributed by atoms with Crippen molar-refractivity contribution in [2.24, 2.45) is 0 Å². The van der Waals surface area contributed by atoms with Crippen LogP contribution < -0.4 is 5.32 Å². The van der Waals surface area contributed by atoms with E-state index in [1.165, 1.54) is 10.6 Å². The van der Waals surface area contributed by atoms with E-state index in [2.05, 4.69) is 63.7 Å². The van der Waals surface area contributed by atoms with Crippen molar-refractivity contribution in [3.8, 4) is 0 Å². The van der Waals surface area contributed by atoms with Crippen LogP contribution in [0.25, 0.3) is 0 Å². The van der Waals surface area contributed by atoms with E-state index in [9.17, 15) is 0 Å². The van der Waals surface area contributed by atoms with Crippen LogP contribution in [0.15, 0.2) is 34.1 Å². The highest BCUT2D eigenvalue weighted by Crippen LogP contribution is 2.18. The molecule has 2 aromatic rings. The van der Waals surface area contributed by atoms with Crippen molar-refractivity contribution in [3.05, 3.63) is 50.4 Å². The first-order chi connectivity index (χ1) is 8.69. The summed E-state index contributed by atoms with van der Waals surface area (Å²) >= 11 is 5.24. The maximum Gasteiger partial charge on any atom is 0.0926 e. The Kier molecular flexibility index (Phi) is 4.92. The predicted molar refractivity (Wildman–Crippen MR) is 80.9 cm³/mol. The van der Waals surface area contributed by atoms with Crippen LogP contribution in [-0.2, 0) is 13.0 Å². The second kappa shape index (κ2) is 6.45. The number of nitrogens with one attached hydrogen (secondary N) is 1. The van der Waals surface area contributed by atoms with Gasteiger partial charge in [0.25, 0.3) is 0 Å². The van der Waals surface area contributed by atoms with Gasteiger partial charge in [0.15, 0.2) is 0 Å². The lowest BCUT2D eigenvalue weighted by molar-refractivity contribution is 0.568. The molecule has 1 aromatic heterocycles. The number of halogens is 1. The molecule has 0 amide bonds. The number of aryl methyl sites for hydroxylation is 1. The Balaban J connectivity index is 1.93. The largest absolute Gasteiger partial charge is 0.305 e. The molecule has 0 aliphatic rings. The smallest absolute Gasteiger partial charge is 0.0926 e. The van der Waals surface area contributed by atoms with Crippen LogP contribution >= 0.6 is 27.3 Å². The van der Waals surface area contributed by atoms with Crippen LogP contribution in [0.5, 0.6) is 0 Å². The molecule has 1 N–H and O–H groups in total. The molecule has 0 aliphatic heterocycles. The summed E-state index contributed by atoms with van der Waals surface area (Å²) in [6.07, 6.45) is 1.02. The lowest BCUT2D eigenvalue weighted by Gasteiger charge is -2.13. The normalized spacial score (nSPS) is 12.6. The Morgan fingerprint density at radius 3 is 2.94 bits per heavy atom. The van der Waals surface area contributed by atoms with Crippen molar-refractivity contribution in [2.45, 2.75) is 32.9 Å². The van der Waals surface area contributed by atoms with Crippen LogP contribution in [0.4, 0.5) is 0 Å². The Morgan fingerprint density at radius 1 is 1.44 bits per heavy atom. The van der Waals surface area contributed by atoms with Gasteiger partial charge in [0, 0.05) is 22.4 Å². The monoisotopic (exact) mass is 324 g/mol. The number of rotatable bonds is 5. The first-order valence-electron chi connectivity index (χ1n) is 6.11. The molecule has 0 saturated carbocycles. The molecule has 1 heterocycles. The maximum absolute atomic E-state index is 4.56. The molecule has 0 aliphatic carbocycles. The number of benzene rings is 1. The van der Waals surface area contributed by atoms with Gasteiger partial charge in [-0.2, -0.15) is 0 Å². The van der Waals surface area contributed by atoms with Crippen molar-refractivity contribution in [2.75, 3.05) is 0 Å². The van der Waals surface area contributed by atoms with Gasteiger partial charge < -0.3 is 5.32 Å². The number of hydrogen-bond donors (Lipinski definition) is 1. The molecule has 0 spiro atoms. The Bertz CT molecular complexity index is 510. The second-order valence-corrected chi connectivity index (χ2v) is 6.10. The highest BCUT2D eigenvalue weighted by atomic mass is 79.9. The summed E-state index contributed by atoms with van der Waals surface area (Å²) in [5.74, 6) is 0. The molecule has 1 atom stereocenters. The third-order valence-corrected chi connectivity index (χ3v) is 4.38. The third kappa shape index (κ3) is 3.64. The van der Waals surface area contributed by atoms with Gasteiger partial charge in [-0.25, -0.2) is 4.98 Å². The van der Waals surface area contributed by atoms with E-state index in [4.69, 9.17) is 0 Å². The van der Waals surface area contributed by atoms with Crippen molar-refractivity contribution >= 4 is 27.3 Å². The van der Waals surface area contributed by atoms with Crippen LogP contribution in [0.1, 0.15) is 36.2 Å². The second-order valence-electron chi connectivity index (χ2n) is 4.24. The molecule has 0 radical (unpaired) electrons. The Hall–Kier alpha value is -0.710. The number of nitrogens with zero attached hydrogens (tertiary/aromatic N) is 1. The minimum absolute atomic E-state index is 0.328. The van der Waals surface area contributed by atoms with Crippen molar-refractivity contribution in [1.82, 2.24) is 10.3 Å². The summed E-state index contributed by atoms with van der Waals surface area (Å²) in [4.78, 5) is 4.56. The molecule has 2 rings (SSSR count). The zero-order chi connectivity index (χ0) is 13.0. The minimum atomic E-state index is 0.328. The van der Waals surface area contributed by atoms with Gasteiger partial charge in [-0.1, -0.05) is 35.0 Å². The molecule has 96 valence electrons. The molecule has 0 saturated heterocycles. The summed E-state index contributed by atoms with van der Waals surface area (Å²) < 4.78 is 1.12. The summed E-state index contributed by atoms with van der Waals surface area (Å²) in [5.41, 5.74) is 2.43. The highest BCUT2D eigenvalue weighted by Gasteiger charge is 2.06. The number of aromatic nitrogens is 1. The van der Waals surface area contributed by atoms with Crippen molar-refractivity contribution in [3.63, 3.8) is 0 Å². The van der Waals surface area contributed by atoms with Crippen LogP contribution in [0, 0.1) is 0 Å². The molecule has 0 fully saturated rings. The topological polar surface area (TPSA) is 24.9 Å². The fourth-order valence-electron chi connectivity index (χ4n) is 1.74. The van der Waals surface area contributed by atoms with E-state index in [0.29, 0.717) is 6.04 Å². The summed E-state index contributed by atoms with van der Waals surface area (Å²) in [6, 6.07) is 8.73. The van der Waals surface area contributed by atoms with Crippen molar-refractivity contribution in [1.29, 1.82) is 0 Å². The number of hydrogen-bond acceptors (Lipinski definition) is 3. The van der Waals surface area contributed by atoms with Gasteiger partial charge >= 0.3 is 0 Å². The molecule has 2 nitrogen and oxygen atoms in total. The average Bonchev–Trinajstić information content (AvgIpc) is 2.84. The first kappa shape index (κ1) is 13.7. The van der Waals surface area contributed by atoms with Gasteiger partial charge in [0.05, 0.1) is 10.7 Å². The van der Waals surface area contributed by atoms with E-state index in [1.807, 2.05) is 6.07 Å². The summed E-state index contributed by atoms with van der Waals surface area (Å²) in [6.45, 7) is 5.14. The highest BCUT2D eigenvalue weighted by molar-refractivity contribution is 9.10. The lowest BCUT2D eigenvalue weighted by atomic mass is 10.1. The fraction of sp³-hybridized carbons (Fsp3) is 0.357. The SMILES string of the molecule is CCc1nc(CN[C@H](C)c2cccc(Br)c2)cs1. The molecule has 4 heteroatoms. The predicted octanol–water partition coefficient (Wildman–Crippen LogP) is 4.32. The van der Waals surface area contributed by atoms with Gasteiger partial charge in [0.2, 0.25) is 0 Å². The lowest BCUT2D eigenvalue weighted by Crippen LogP contribution is -2.18. The number of thiazole rings is 1. The quantitative estimate of drug-likeness (QED) is 0.886. The van der Waals surface area contributed by atoms with Crippen molar-refractivity contribution < 1.29 is 0 Å². The van der Waals surface area contributed by atoms with E-state index in [0.717, 1.165) is 23.1 Å². The van der Waals surface area contributed by atoms with E-state index < -0.39 is 0 Å². The molecule has 0 bridgehead atoms. The van der Waals surface area contributed by atoms with E-state index in [-0.39, 0.29) is 0 Å². The Labute approximate surface area is 121 Å². The Morgan fingerprint density at radius 2 is 2.28 bits per heavy atom. The molecule has 18 heavy (non-hydrogen) atoms. The maximum atomic E-state index is 4.56. The standard InChI is InChI=1S/C14H17BrN2S/c1-3-14-17-13(9-18-14)8-16-10(2)11-5-4-6-12(15)7-11/h4-7,9-10,16H,3,8H2,1-2H3/t10-/m1/s1. The summed E-state index contributed by atoms with van der Waals surface area (Å²) in [5, 5.41) is 6.85. The summed E-state index contributed by atoms with van der Waals surface area (Å²) in [7, 11) is 0. The molecular weight excluding hydrogens is 308 g/mol. The average molecular weight is 325 g/mol. The first-order valence-corrected chi connectivity index (χ1v) is 7.78. The van der Waals surface area contributed by atoms with Gasteiger partial charge in [-0.05, 0) is 31.0 Å². The fourth-order valence-corrected chi connectivity index (χ4v) is 2.91. The molecule has 0 unspecified atom stereocenters. The third-order valence-electron chi connectivity index (χ3n) is 2.84.